The predicted molar refractivity (Wildman–Crippen MR) is 98.7 cm³/mol. The molecule has 8 heteroatoms. The highest BCUT2D eigenvalue weighted by Crippen LogP contribution is 2.22. The number of ether oxygens (including phenoxy) is 1. The highest BCUT2D eigenvalue weighted by Gasteiger charge is 2.29. The minimum absolute atomic E-state index is 0.0536. The van der Waals surface area contributed by atoms with Crippen LogP contribution in [0.4, 0.5) is 0 Å². The van der Waals surface area contributed by atoms with E-state index in [9.17, 15) is 13.2 Å². The van der Waals surface area contributed by atoms with Crippen LogP contribution >= 0.6 is 0 Å². The number of rotatable bonds is 5. The van der Waals surface area contributed by atoms with Crippen LogP contribution in [0.3, 0.4) is 0 Å². The summed E-state index contributed by atoms with van der Waals surface area (Å²) in [5.74, 6) is -0.268. The molecule has 0 aromatic heterocycles. The molecule has 2 saturated heterocycles. The van der Waals surface area contributed by atoms with E-state index in [0.29, 0.717) is 43.9 Å². The maximum absolute atomic E-state index is 13.0. The van der Waals surface area contributed by atoms with E-state index in [0.717, 1.165) is 19.4 Å². The van der Waals surface area contributed by atoms with Gasteiger partial charge in [-0.15, -0.1) is 0 Å². The van der Waals surface area contributed by atoms with Gasteiger partial charge in [-0.1, -0.05) is 6.07 Å². The van der Waals surface area contributed by atoms with E-state index >= 15 is 0 Å². The molecule has 2 aliphatic heterocycles. The van der Waals surface area contributed by atoms with Gasteiger partial charge in [-0.25, -0.2) is 8.42 Å². The van der Waals surface area contributed by atoms with Crippen molar-refractivity contribution in [2.24, 2.45) is 0 Å². The number of benzene rings is 1. The molecule has 1 amide bonds. The van der Waals surface area contributed by atoms with Crippen molar-refractivity contribution >= 4 is 15.9 Å². The highest BCUT2D eigenvalue weighted by molar-refractivity contribution is 7.89. The lowest BCUT2D eigenvalue weighted by Crippen LogP contribution is -2.47. The van der Waals surface area contributed by atoms with E-state index in [1.807, 2.05) is 7.05 Å². The smallest absolute Gasteiger partial charge is 0.251 e. The van der Waals surface area contributed by atoms with E-state index in [4.69, 9.17) is 4.74 Å². The summed E-state index contributed by atoms with van der Waals surface area (Å²) < 4.78 is 33.0. The fourth-order valence-electron chi connectivity index (χ4n) is 3.30. The van der Waals surface area contributed by atoms with Crippen LogP contribution in [-0.4, -0.2) is 76.0 Å². The van der Waals surface area contributed by atoms with Gasteiger partial charge in [0.05, 0.1) is 11.0 Å². The van der Waals surface area contributed by atoms with Crippen LogP contribution in [0.15, 0.2) is 23.1 Å². The Kier molecular flexibility index (Phi) is 5.96. The minimum Gasteiger partial charge on any atom is -0.376 e. The SMILES string of the molecule is Cc1ccc(C(=O)NC[C@H]2CCCO2)cc1S(=O)(=O)N1CCN(C)CC1. The first-order valence-corrected chi connectivity index (χ1v) is 10.5. The second-order valence-corrected chi connectivity index (χ2v) is 8.94. The first-order chi connectivity index (χ1) is 12.4. The van der Waals surface area contributed by atoms with Crippen molar-refractivity contribution in [3.8, 4) is 0 Å². The summed E-state index contributed by atoms with van der Waals surface area (Å²) in [6, 6.07) is 4.86. The molecule has 7 nitrogen and oxygen atoms in total. The number of piperazine rings is 1. The summed E-state index contributed by atoms with van der Waals surface area (Å²) in [6.07, 6.45) is 2.01. The number of amides is 1. The third kappa shape index (κ3) is 4.25. The van der Waals surface area contributed by atoms with Gasteiger partial charge in [0, 0.05) is 44.9 Å². The topological polar surface area (TPSA) is 78.9 Å². The zero-order valence-corrected chi connectivity index (χ0v) is 16.2. The molecule has 1 aromatic rings. The molecule has 0 spiro atoms. The number of likely N-dealkylation sites (N-methyl/N-ethyl adjacent to an activating group) is 1. The number of aryl methyl sites for hydroxylation is 1. The summed E-state index contributed by atoms with van der Waals surface area (Å²) in [6.45, 7) is 5.30. The molecule has 0 radical (unpaired) electrons. The van der Waals surface area contributed by atoms with Crippen molar-refractivity contribution in [1.29, 1.82) is 0 Å². The summed E-state index contributed by atoms with van der Waals surface area (Å²) >= 11 is 0. The Morgan fingerprint density at radius 2 is 2.00 bits per heavy atom. The van der Waals surface area contributed by atoms with Crippen LogP contribution in [0, 0.1) is 6.92 Å². The Hall–Kier alpha value is -1.48. The van der Waals surface area contributed by atoms with Crippen LogP contribution in [0.1, 0.15) is 28.8 Å². The van der Waals surface area contributed by atoms with Gasteiger partial charge in [0.1, 0.15) is 0 Å². The first-order valence-electron chi connectivity index (χ1n) is 9.07. The quantitative estimate of drug-likeness (QED) is 0.818. The number of carbonyl (C=O) groups is 1. The summed E-state index contributed by atoms with van der Waals surface area (Å²) in [4.78, 5) is 14.7. The molecule has 2 aliphatic rings. The monoisotopic (exact) mass is 381 g/mol. The maximum atomic E-state index is 13.0. The maximum Gasteiger partial charge on any atom is 0.251 e. The van der Waals surface area contributed by atoms with Gasteiger partial charge in [0.2, 0.25) is 10.0 Å². The minimum atomic E-state index is -3.60. The third-order valence-corrected chi connectivity index (χ3v) is 7.09. The van der Waals surface area contributed by atoms with Crippen molar-refractivity contribution in [2.75, 3.05) is 46.4 Å². The molecule has 1 N–H and O–H groups in total. The predicted octanol–water partition coefficient (Wildman–Crippen LogP) is 0.840. The summed E-state index contributed by atoms with van der Waals surface area (Å²) in [5, 5.41) is 2.85. The summed E-state index contributed by atoms with van der Waals surface area (Å²) in [7, 11) is -1.62. The molecule has 0 bridgehead atoms. The van der Waals surface area contributed by atoms with Gasteiger partial charge >= 0.3 is 0 Å². The van der Waals surface area contributed by atoms with E-state index in [-0.39, 0.29) is 16.9 Å². The fourth-order valence-corrected chi connectivity index (χ4v) is 4.97. The molecule has 1 atom stereocenters. The molecule has 144 valence electrons. The molecule has 2 heterocycles. The molecular weight excluding hydrogens is 354 g/mol. The molecule has 1 aromatic carbocycles. The third-order valence-electron chi connectivity index (χ3n) is 5.04. The molecule has 3 rings (SSSR count). The Labute approximate surface area is 155 Å². The lowest BCUT2D eigenvalue weighted by atomic mass is 10.1. The summed E-state index contributed by atoms with van der Waals surface area (Å²) in [5.41, 5.74) is 1.01. The largest absolute Gasteiger partial charge is 0.376 e. The highest BCUT2D eigenvalue weighted by atomic mass is 32.2. The van der Waals surface area contributed by atoms with Crippen LogP contribution < -0.4 is 5.32 Å². The molecular formula is C18H27N3O4S. The lowest BCUT2D eigenvalue weighted by Gasteiger charge is -2.32. The Bertz CT molecular complexity index is 752. The van der Waals surface area contributed by atoms with Crippen LogP contribution in [0.5, 0.6) is 0 Å². The second-order valence-electron chi connectivity index (χ2n) is 7.03. The lowest BCUT2D eigenvalue weighted by molar-refractivity contribution is 0.0857. The van der Waals surface area contributed by atoms with Gasteiger partial charge < -0.3 is 15.0 Å². The number of carbonyl (C=O) groups excluding carboxylic acids is 1. The number of hydrogen-bond donors (Lipinski definition) is 1. The number of nitrogens with one attached hydrogen (secondary N) is 1. The number of hydrogen-bond acceptors (Lipinski definition) is 5. The number of sulfonamides is 1. The molecule has 2 fully saturated rings. The van der Waals surface area contributed by atoms with Gasteiger partial charge in [-0.2, -0.15) is 4.31 Å². The van der Waals surface area contributed by atoms with E-state index in [2.05, 4.69) is 10.2 Å². The Balaban J connectivity index is 1.75. The Morgan fingerprint density at radius 1 is 1.27 bits per heavy atom. The molecule has 0 unspecified atom stereocenters. The van der Waals surface area contributed by atoms with E-state index in [1.54, 1.807) is 19.1 Å². The van der Waals surface area contributed by atoms with Crippen LogP contribution in [0.2, 0.25) is 0 Å². The van der Waals surface area contributed by atoms with Crippen molar-refractivity contribution in [3.63, 3.8) is 0 Å². The van der Waals surface area contributed by atoms with Crippen molar-refractivity contribution in [3.05, 3.63) is 29.3 Å². The number of nitrogens with zero attached hydrogens (tertiary/aromatic N) is 2. The normalized spacial score (nSPS) is 22.5. The van der Waals surface area contributed by atoms with Gasteiger partial charge in [-0.3, -0.25) is 4.79 Å². The molecule has 26 heavy (non-hydrogen) atoms. The van der Waals surface area contributed by atoms with E-state index in [1.165, 1.54) is 10.4 Å². The first kappa shape index (κ1) is 19.3. The second kappa shape index (κ2) is 8.04. The standard InChI is InChI=1S/C18H27N3O4S/c1-14-5-6-15(18(22)19-13-16-4-3-11-25-16)12-17(14)26(23,24)21-9-7-20(2)8-10-21/h5-6,12,16H,3-4,7-11,13H2,1-2H3,(H,19,22)/t16-/m1/s1. The average molecular weight is 381 g/mol. The zero-order chi connectivity index (χ0) is 18.7. The van der Waals surface area contributed by atoms with Gasteiger partial charge in [-0.05, 0) is 44.5 Å². The zero-order valence-electron chi connectivity index (χ0n) is 15.4. The van der Waals surface area contributed by atoms with Crippen molar-refractivity contribution < 1.29 is 17.9 Å². The van der Waals surface area contributed by atoms with Gasteiger partial charge in [0.25, 0.3) is 5.91 Å². The van der Waals surface area contributed by atoms with Crippen molar-refractivity contribution in [1.82, 2.24) is 14.5 Å². The van der Waals surface area contributed by atoms with Crippen molar-refractivity contribution in [2.45, 2.75) is 30.8 Å². The molecule has 0 aliphatic carbocycles. The van der Waals surface area contributed by atoms with E-state index < -0.39 is 10.0 Å². The fraction of sp³-hybridized carbons (Fsp3) is 0.611. The molecule has 0 saturated carbocycles. The Morgan fingerprint density at radius 3 is 2.65 bits per heavy atom. The average Bonchev–Trinajstić information content (AvgIpc) is 3.14. The van der Waals surface area contributed by atoms with Crippen LogP contribution in [0.25, 0.3) is 0 Å². The van der Waals surface area contributed by atoms with Gasteiger partial charge in [0.15, 0.2) is 0 Å². The van der Waals surface area contributed by atoms with Crippen LogP contribution in [-0.2, 0) is 14.8 Å².